The van der Waals surface area contributed by atoms with E-state index in [4.69, 9.17) is 13.9 Å². The molecule has 6 heteroatoms. The van der Waals surface area contributed by atoms with E-state index in [2.05, 4.69) is 0 Å². The van der Waals surface area contributed by atoms with Crippen LogP contribution >= 0.6 is 0 Å². The molecule has 0 radical (unpaired) electrons. The molecule has 3 aromatic rings. The molecule has 0 saturated carbocycles. The van der Waals surface area contributed by atoms with E-state index >= 15 is 0 Å². The highest BCUT2D eigenvalue weighted by Crippen LogP contribution is 2.27. The van der Waals surface area contributed by atoms with Crippen molar-refractivity contribution in [2.24, 2.45) is 0 Å². The van der Waals surface area contributed by atoms with Crippen LogP contribution in [0.25, 0.3) is 11.0 Å². The third-order valence-electron chi connectivity index (χ3n) is 3.28. The van der Waals surface area contributed by atoms with Crippen LogP contribution in [0.1, 0.15) is 12.7 Å². The number of aryl methyl sites for hydroxylation is 1. The highest BCUT2D eigenvalue weighted by atomic mass is 19.1. The summed E-state index contributed by atoms with van der Waals surface area (Å²) < 4.78 is 29.1. The molecular formula is C18H13FO5. The molecule has 24 heavy (non-hydrogen) atoms. The van der Waals surface area contributed by atoms with Crippen molar-refractivity contribution < 1.29 is 23.1 Å². The van der Waals surface area contributed by atoms with Gasteiger partial charge < -0.3 is 13.9 Å². The number of rotatable bonds is 3. The number of hydrogen-bond donors (Lipinski definition) is 0. The maximum atomic E-state index is 12.9. The van der Waals surface area contributed by atoms with Gasteiger partial charge in [-0.25, -0.2) is 4.39 Å². The Morgan fingerprint density at radius 2 is 1.75 bits per heavy atom. The first-order chi connectivity index (χ1) is 11.4. The molecule has 1 heterocycles. The second-order valence-electron chi connectivity index (χ2n) is 5.12. The molecule has 3 rings (SSSR count). The lowest BCUT2D eigenvalue weighted by Crippen LogP contribution is -2.08. The van der Waals surface area contributed by atoms with E-state index in [0.717, 1.165) is 0 Å². The van der Waals surface area contributed by atoms with Crippen molar-refractivity contribution in [3.63, 3.8) is 0 Å². The van der Waals surface area contributed by atoms with Crippen molar-refractivity contribution in [3.05, 3.63) is 64.3 Å². The number of carbonyl (C=O) groups is 1. The van der Waals surface area contributed by atoms with Crippen LogP contribution in [0.2, 0.25) is 0 Å². The molecule has 2 aromatic carbocycles. The van der Waals surface area contributed by atoms with E-state index in [9.17, 15) is 14.0 Å². The van der Waals surface area contributed by atoms with Gasteiger partial charge in [-0.15, -0.1) is 0 Å². The number of hydrogen-bond acceptors (Lipinski definition) is 5. The summed E-state index contributed by atoms with van der Waals surface area (Å²) in [5.74, 6) is 0.0193. The second kappa shape index (κ2) is 6.16. The Bertz CT molecular complexity index is 973. The summed E-state index contributed by atoms with van der Waals surface area (Å²) in [4.78, 5) is 23.6. The molecule has 0 saturated heterocycles. The van der Waals surface area contributed by atoms with Crippen LogP contribution in [-0.4, -0.2) is 5.97 Å². The van der Waals surface area contributed by atoms with Gasteiger partial charge in [-0.1, -0.05) is 0 Å². The molecule has 0 aliphatic rings. The molecule has 1 aromatic heterocycles. The second-order valence-corrected chi connectivity index (χ2v) is 5.12. The molecule has 0 spiro atoms. The molecule has 0 fully saturated rings. The lowest BCUT2D eigenvalue weighted by atomic mass is 10.2. The van der Waals surface area contributed by atoms with Gasteiger partial charge in [-0.2, -0.15) is 0 Å². The third kappa shape index (κ3) is 3.12. The number of fused-ring (bicyclic) bond motifs is 1. The molecule has 0 aliphatic carbocycles. The number of ether oxygens (including phenoxy) is 2. The average molecular weight is 328 g/mol. The predicted molar refractivity (Wildman–Crippen MR) is 85.0 cm³/mol. The standard InChI is InChI=1S/C18H13FO5/c1-10-18(24-13-5-3-12(19)4-6-13)17(21)15-8-7-14(23-11(2)20)9-16(15)22-10/h3-9H,1-2H3. The number of halogens is 1. The molecule has 0 amide bonds. The Labute approximate surface area is 136 Å². The largest absolute Gasteiger partial charge is 0.457 e. The summed E-state index contributed by atoms with van der Waals surface area (Å²) in [6.07, 6.45) is 0. The summed E-state index contributed by atoms with van der Waals surface area (Å²) in [5, 5.41) is 0.286. The van der Waals surface area contributed by atoms with Gasteiger partial charge in [0.2, 0.25) is 11.2 Å². The fraction of sp³-hybridized carbons (Fsp3) is 0.111. The lowest BCUT2D eigenvalue weighted by molar-refractivity contribution is -0.131. The molecule has 0 aliphatic heterocycles. The minimum atomic E-state index is -0.468. The number of benzene rings is 2. The van der Waals surface area contributed by atoms with E-state index in [-0.39, 0.29) is 33.7 Å². The third-order valence-corrected chi connectivity index (χ3v) is 3.28. The smallest absolute Gasteiger partial charge is 0.308 e. The van der Waals surface area contributed by atoms with Crippen LogP contribution in [0.3, 0.4) is 0 Å². The van der Waals surface area contributed by atoms with Crippen molar-refractivity contribution in [3.8, 4) is 17.2 Å². The first-order valence-corrected chi connectivity index (χ1v) is 7.13. The maximum Gasteiger partial charge on any atom is 0.308 e. The first kappa shape index (κ1) is 15.7. The van der Waals surface area contributed by atoms with Crippen LogP contribution in [0.5, 0.6) is 17.2 Å². The van der Waals surface area contributed by atoms with Crippen molar-refractivity contribution in [2.45, 2.75) is 13.8 Å². The monoisotopic (exact) mass is 328 g/mol. The average Bonchev–Trinajstić information content (AvgIpc) is 2.52. The fourth-order valence-electron chi connectivity index (χ4n) is 2.24. The summed E-state index contributed by atoms with van der Waals surface area (Å²) in [7, 11) is 0. The summed E-state index contributed by atoms with van der Waals surface area (Å²) in [6, 6.07) is 9.77. The highest BCUT2D eigenvalue weighted by Gasteiger charge is 2.15. The lowest BCUT2D eigenvalue weighted by Gasteiger charge is -2.09. The zero-order valence-electron chi connectivity index (χ0n) is 13.0. The predicted octanol–water partition coefficient (Wildman–Crippen LogP) is 3.96. The van der Waals surface area contributed by atoms with Gasteiger partial charge in [0.25, 0.3) is 0 Å². The van der Waals surface area contributed by atoms with E-state index in [0.29, 0.717) is 5.75 Å². The fourth-order valence-corrected chi connectivity index (χ4v) is 2.24. The zero-order valence-corrected chi connectivity index (χ0v) is 13.0. The van der Waals surface area contributed by atoms with Gasteiger partial charge in [-0.05, 0) is 43.3 Å². The quantitative estimate of drug-likeness (QED) is 0.538. The van der Waals surface area contributed by atoms with Crippen LogP contribution < -0.4 is 14.9 Å². The molecule has 0 unspecified atom stereocenters. The van der Waals surface area contributed by atoms with Gasteiger partial charge in [0.15, 0.2) is 0 Å². The molecule has 122 valence electrons. The van der Waals surface area contributed by atoms with Crippen molar-refractivity contribution in [2.75, 3.05) is 0 Å². The molecule has 0 bridgehead atoms. The van der Waals surface area contributed by atoms with Crippen LogP contribution in [0.4, 0.5) is 4.39 Å². The van der Waals surface area contributed by atoms with E-state index in [1.54, 1.807) is 6.92 Å². The van der Waals surface area contributed by atoms with E-state index in [1.807, 2.05) is 0 Å². The van der Waals surface area contributed by atoms with Crippen LogP contribution in [0.15, 0.2) is 51.7 Å². The first-order valence-electron chi connectivity index (χ1n) is 7.13. The Morgan fingerprint density at radius 1 is 1.08 bits per heavy atom. The Kier molecular flexibility index (Phi) is 4.04. The van der Waals surface area contributed by atoms with Gasteiger partial charge in [0.05, 0.1) is 5.39 Å². The van der Waals surface area contributed by atoms with Crippen LogP contribution in [0, 0.1) is 12.7 Å². The van der Waals surface area contributed by atoms with Gasteiger partial charge >= 0.3 is 5.97 Å². The van der Waals surface area contributed by atoms with Gasteiger partial charge in [-0.3, -0.25) is 9.59 Å². The van der Waals surface area contributed by atoms with E-state index < -0.39 is 11.8 Å². The Hall–Kier alpha value is -3.15. The maximum absolute atomic E-state index is 12.9. The van der Waals surface area contributed by atoms with E-state index in [1.165, 1.54) is 49.4 Å². The normalized spacial score (nSPS) is 10.6. The highest BCUT2D eigenvalue weighted by molar-refractivity contribution is 5.80. The van der Waals surface area contributed by atoms with Crippen molar-refractivity contribution in [1.29, 1.82) is 0 Å². The molecular weight excluding hydrogens is 315 g/mol. The zero-order chi connectivity index (χ0) is 17.3. The van der Waals surface area contributed by atoms with Crippen molar-refractivity contribution >= 4 is 16.9 Å². The van der Waals surface area contributed by atoms with Crippen LogP contribution in [-0.2, 0) is 4.79 Å². The molecule has 0 N–H and O–H groups in total. The summed E-state index contributed by atoms with van der Waals surface area (Å²) in [5.41, 5.74) is -0.0878. The summed E-state index contributed by atoms with van der Waals surface area (Å²) >= 11 is 0. The van der Waals surface area contributed by atoms with Gasteiger partial charge in [0.1, 0.15) is 28.7 Å². The summed E-state index contributed by atoms with van der Waals surface area (Å²) in [6.45, 7) is 2.86. The number of esters is 1. The Balaban J connectivity index is 2.05. The number of carbonyl (C=O) groups excluding carboxylic acids is 1. The van der Waals surface area contributed by atoms with Gasteiger partial charge in [0, 0.05) is 13.0 Å². The SMILES string of the molecule is CC(=O)Oc1ccc2c(=O)c(Oc3ccc(F)cc3)c(C)oc2c1. The topological polar surface area (TPSA) is 65.7 Å². The molecule has 0 atom stereocenters. The van der Waals surface area contributed by atoms with Crippen molar-refractivity contribution in [1.82, 2.24) is 0 Å². The Morgan fingerprint density at radius 3 is 2.42 bits per heavy atom. The minimum Gasteiger partial charge on any atom is -0.457 e. The molecule has 5 nitrogen and oxygen atoms in total. The minimum absolute atomic E-state index is 0.0225.